The molecule has 0 spiro atoms. The number of carbonyl (C=O) groups excluding carboxylic acids is 2. The van der Waals surface area contributed by atoms with Gasteiger partial charge in [-0.05, 0) is 45.0 Å². The lowest BCUT2D eigenvalue weighted by Crippen LogP contribution is -2.15. The van der Waals surface area contributed by atoms with Gasteiger partial charge in [-0.1, -0.05) is 47.1 Å². The molecule has 1 amide bonds. The Hall–Kier alpha value is -2.55. The number of nitrogens with zero attached hydrogens (tertiary/aromatic N) is 3. The Balaban J connectivity index is 1.65. The zero-order valence-corrected chi connectivity index (χ0v) is 20.1. The summed E-state index contributed by atoms with van der Waals surface area (Å²) in [5, 5.41) is 12.8. The molecule has 0 saturated heterocycles. The zero-order valence-electron chi connectivity index (χ0n) is 17.8. The molecule has 1 N–H and O–H groups in total. The molecule has 1 unspecified atom stereocenters. The van der Waals surface area contributed by atoms with E-state index in [2.05, 4.69) is 15.5 Å². The number of thioether (sulfide) groups is 1. The van der Waals surface area contributed by atoms with Gasteiger partial charge in [0.05, 0.1) is 10.8 Å². The van der Waals surface area contributed by atoms with Gasteiger partial charge in [-0.3, -0.25) is 9.59 Å². The summed E-state index contributed by atoms with van der Waals surface area (Å²) < 4.78 is 7.83. The number of carbonyl (C=O) groups is 2. The number of amides is 1. The Morgan fingerprint density at radius 2 is 1.97 bits per heavy atom. The van der Waals surface area contributed by atoms with E-state index in [1.807, 2.05) is 18.4 Å². The van der Waals surface area contributed by atoms with Crippen molar-refractivity contribution in [2.24, 2.45) is 0 Å². The molecule has 0 aliphatic rings. The van der Waals surface area contributed by atoms with Crippen molar-refractivity contribution in [3.8, 4) is 5.75 Å². The number of hydrogen-bond acceptors (Lipinski definition) is 6. The van der Waals surface area contributed by atoms with Crippen molar-refractivity contribution in [2.75, 3.05) is 11.1 Å². The van der Waals surface area contributed by atoms with Crippen LogP contribution in [-0.4, -0.2) is 32.2 Å². The van der Waals surface area contributed by atoms with E-state index < -0.39 is 6.10 Å². The van der Waals surface area contributed by atoms with E-state index in [1.54, 1.807) is 42.5 Å². The maximum absolute atomic E-state index is 12.4. The fourth-order valence-corrected chi connectivity index (χ4v) is 4.09. The minimum Gasteiger partial charge on any atom is -0.481 e. The van der Waals surface area contributed by atoms with Gasteiger partial charge in [0.15, 0.2) is 22.9 Å². The smallest absolute Gasteiger partial charge is 0.234 e. The summed E-state index contributed by atoms with van der Waals surface area (Å²) in [6.07, 6.45) is -0.434. The van der Waals surface area contributed by atoms with Crippen LogP contribution in [0.2, 0.25) is 10.0 Å². The van der Waals surface area contributed by atoms with E-state index in [1.165, 1.54) is 18.7 Å². The third-order valence-corrected chi connectivity index (χ3v) is 6.02. The number of aromatic nitrogens is 3. The predicted molar refractivity (Wildman–Crippen MR) is 127 cm³/mol. The molecule has 3 aromatic rings. The number of ketones is 1. The summed E-state index contributed by atoms with van der Waals surface area (Å²) >= 11 is 13.5. The summed E-state index contributed by atoms with van der Waals surface area (Å²) in [5.41, 5.74) is 1.11. The monoisotopic (exact) mass is 492 g/mol. The molecular formula is C22H22Cl2N4O3S. The maximum Gasteiger partial charge on any atom is 0.234 e. The fourth-order valence-electron chi connectivity index (χ4n) is 2.96. The number of halogens is 2. The highest BCUT2D eigenvalue weighted by Gasteiger charge is 2.20. The van der Waals surface area contributed by atoms with Gasteiger partial charge in [0.2, 0.25) is 5.91 Å². The minimum absolute atomic E-state index is 0.0607. The molecule has 10 heteroatoms. The van der Waals surface area contributed by atoms with E-state index in [-0.39, 0.29) is 17.4 Å². The lowest BCUT2D eigenvalue weighted by Gasteiger charge is -2.16. The Bertz CT molecular complexity index is 1140. The normalized spacial score (nSPS) is 11.8. The summed E-state index contributed by atoms with van der Waals surface area (Å²) in [5.74, 6) is 0.935. The van der Waals surface area contributed by atoms with Crippen molar-refractivity contribution in [2.45, 2.75) is 38.6 Å². The average molecular weight is 493 g/mol. The molecule has 0 aliphatic heterocycles. The van der Waals surface area contributed by atoms with Crippen LogP contribution >= 0.6 is 35.0 Å². The Labute approximate surface area is 200 Å². The van der Waals surface area contributed by atoms with Crippen LogP contribution in [0.5, 0.6) is 5.75 Å². The molecule has 1 aromatic heterocycles. The van der Waals surface area contributed by atoms with E-state index in [0.717, 1.165) is 0 Å². The quantitative estimate of drug-likeness (QED) is 0.305. The van der Waals surface area contributed by atoms with Crippen molar-refractivity contribution >= 4 is 52.3 Å². The SMILES string of the molecule is CCn1c(SCC(=O)Nc2cccc(C(C)=O)c2)nnc1C(C)Oc1cc(Cl)ccc1Cl. The predicted octanol–water partition coefficient (Wildman–Crippen LogP) is 5.68. The van der Waals surface area contributed by atoms with Gasteiger partial charge in [-0.15, -0.1) is 10.2 Å². The fraction of sp³-hybridized carbons (Fsp3) is 0.273. The van der Waals surface area contributed by atoms with E-state index >= 15 is 0 Å². The molecule has 1 atom stereocenters. The lowest BCUT2D eigenvalue weighted by atomic mass is 10.1. The van der Waals surface area contributed by atoms with E-state index in [9.17, 15) is 9.59 Å². The number of anilines is 1. The summed E-state index contributed by atoms with van der Waals surface area (Å²) in [4.78, 5) is 23.9. The molecule has 0 radical (unpaired) electrons. The first-order valence-electron chi connectivity index (χ1n) is 9.87. The summed E-state index contributed by atoms with van der Waals surface area (Å²) in [6, 6.07) is 11.8. The third kappa shape index (κ3) is 6.03. The second-order valence-corrected chi connectivity index (χ2v) is 8.68. The molecule has 1 heterocycles. The van der Waals surface area contributed by atoms with Crippen LogP contribution < -0.4 is 10.1 Å². The number of rotatable bonds is 9. The van der Waals surface area contributed by atoms with Crippen molar-refractivity contribution in [3.63, 3.8) is 0 Å². The van der Waals surface area contributed by atoms with Crippen molar-refractivity contribution in [1.29, 1.82) is 0 Å². The molecule has 3 rings (SSSR count). The van der Waals surface area contributed by atoms with E-state index in [0.29, 0.717) is 44.6 Å². The largest absolute Gasteiger partial charge is 0.481 e. The van der Waals surface area contributed by atoms with Gasteiger partial charge >= 0.3 is 0 Å². The van der Waals surface area contributed by atoms with Gasteiger partial charge in [0.25, 0.3) is 0 Å². The number of ether oxygens (including phenoxy) is 1. The van der Waals surface area contributed by atoms with Crippen molar-refractivity contribution in [1.82, 2.24) is 14.8 Å². The molecule has 2 aromatic carbocycles. The molecule has 0 bridgehead atoms. The van der Waals surface area contributed by atoms with Crippen LogP contribution in [0.15, 0.2) is 47.6 Å². The van der Waals surface area contributed by atoms with Crippen LogP contribution in [0.3, 0.4) is 0 Å². The van der Waals surface area contributed by atoms with Gasteiger partial charge in [0, 0.05) is 28.9 Å². The van der Waals surface area contributed by atoms with Crippen LogP contribution in [0.4, 0.5) is 5.69 Å². The number of hydrogen-bond donors (Lipinski definition) is 1. The number of nitrogens with one attached hydrogen (secondary N) is 1. The second-order valence-electron chi connectivity index (χ2n) is 6.89. The highest BCUT2D eigenvalue weighted by molar-refractivity contribution is 7.99. The molecule has 168 valence electrons. The first kappa shape index (κ1) is 24.1. The molecule has 0 aliphatic carbocycles. The van der Waals surface area contributed by atoms with Crippen LogP contribution in [0, 0.1) is 0 Å². The Morgan fingerprint density at radius 3 is 2.69 bits per heavy atom. The average Bonchev–Trinajstić information content (AvgIpc) is 3.18. The molecule has 7 nitrogen and oxygen atoms in total. The van der Waals surface area contributed by atoms with Crippen LogP contribution in [0.1, 0.15) is 43.1 Å². The van der Waals surface area contributed by atoms with Crippen LogP contribution in [-0.2, 0) is 11.3 Å². The number of Topliss-reactive ketones (excluding diaryl/α,β-unsaturated/α-hetero) is 1. The van der Waals surface area contributed by atoms with Gasteiger partial charge in [-0.25, -0.2) is 0 Å². The summed E-state index contributed by atoms with van der Waals surface area (Å²) in [6.45, 7) is 5.89. The zero-order chi connectivity index (χ0) is 23.3. The third-order valence-electron chi connectivity index (χ3n) is 4.51. The van der Waals surface area contributed by atoms with Crippen molar-refractivity contribution < 1.29 is 14.3 Å². The summed E-state index contributed by atoms with van der Waals surface area (Å²) in [7, 11) is 0. The maximum atomic E-state index is 12.4. The molecule has 0 saturated carbocycles. The van der Waals surface area contributed by atoms with Gasteiger partial charge in [-0.2, -0.15) is 0 Å². The highest BCUT2D eigenvalue weighted by Crippen LogP contribution is 2.32. The highest BCUT2D eigenvalue weighted by atomic mass is 35.5. The van der Waals surface area contributed by atoms with Crippen LogP contribution in [0.25, 0.3) is 0 Å². The molecule has 32 heavy (non-hydrogen) atoms. The standard InChI is InChI=1S/C22H22Cl2N4O3S/c1-4-28-21(14(3)31-19-11-16(23)8-9-18(19)24)26-27-22(28)32-12-20(30)25-17-7-5-6-15(10-17)13(2)29/h5-11,14H,4,12H2,1-3H3,(H,25,30). The number of benzene rings is 2. The molecular weight excluding hydrogens is 471 g/mol. The lowest BCUT2D eigenvalue weighted by molar-refractivity contribution is -0.113. The Morgan fingerprint density at radius 1 is 1.19 bits per heavy atom. The second kappa shape index (κ2) is 10.8. The minimum atomic E-state index is -0.434. The van der Waals surface area contributed by atoms with Gasteiger partial charge < -0.3 is 14.6 Å². The van der Waals surface area contributed by atoms with Gasteiger partial charge in [0.1, 0.15) is 5.75 Å². The topological polar surface area (TPSA) is 86.1 Å². The van der Waals surface area contributed by atoms with Crippen molar-refractivity contribution in [3.05, 3.63) is 63.9 Å². The Kier molecular flexibility index (Phi) is 8.17. The first-order chi connectivity index (χ1) is 15.3. The van der Waals surface area contributed by atoms with E-state index in [4.69, 9.17) is 27.9 Å². The molecule has 0 fully saturated rings. The first-order valence-corrected chi connectivity index (χ1v) is 11.6.